The van der Waals surface area contributed by atoms with Crippen molar-refractivity contribution in [3.63, 3.8) is 0 Å². The van der Waals surface area contributed by atoms with Gasteiger partial charge in [-0.3, -0.25) is 9.36 Å². The van der Waals surface area contributed by atoms with E-state index in [9.17, 15) is 9.59 Å². The van der Waals surface area contributed by atoms with E-state index < -0.39 is 47.7 Å². The number of hydrogen-bond acceptors (Lipinski definition) is 7. The molecule has 1 fully saturated rings. The number of methoxy groups -OCH3 is 1. The van der Waals surface area contributed by atoms with Gasteiger partial charge in [-0.25, -0.2) is 9.78 Å². The first-order valence-electron chi connectivity index (χ1n) is 11.0. The van der Waals surface area contributed by atoms with Crippen LogP contribution in [0.25, 0.3) is 5.73 Å². The Bertz CT molecular complexity index is 782. The number of nitrogens with one attached hydrogen (secondary N) is 2. The summed E-state index contributed by atoms with van der Waals surface area (Å²) in [7, 11) is 1.32. The zero-order chi connectivity index (χ0) is 24.1. The number of thiocarbonyl (C=S) groups is 1. The summed E-state index contributed by atoms with van der Waals surface area (Å²) in [6.07, 6.45) is 5.26. The summed E-state index contributed by atoms with van der Waals surface area (Å²) < 4.78 is 18.1. The standard InChI is InChI=1S/C22H35N4O5S.Ac/c1-7-13(8-2)17(23)16-15(25-20(28)31-22(3,4)5)11-14(19(27)29-6)18(16)30-21(32)26-10-9-24-12-26;/h9-10,12-18,23H,7-8,11H2,1-6H3,(H,25,28);/q-1;/t14-,15+,16+,17?,18+;/m0./s1. The smallest absolute Gasteiger partial charge is 0.407 e. The Morgan fingerprint density at radius 2 is 1.94 bits per heavy atom. The second kappa shape index (κ2) is 13.4. The predicted octanol–water partition coefficient (Wildman–Crippen LogP) is 3.96. The van der Waals surface area contributed by atoms with E-state index in [-0.39, 0.29) is 61.6 Å². The molecule has 9 nitrogen and oxygen atoms in total. The van der Waals surface area contributed by atoms with E-state index >= 15 is 0 Å². The molecule has 0 spiro atoms. The van der Waals surface area contributed by atoms with Crippen LogP contribution in [0.5, 0.6) is 0 Å². The molecule has 0 bridgehead atoms. The third-order valence-electron chi connectivity index (χ3n) is 5.88. The van der Waals surface area contributed by atoms with Gasteiger partial charge in [-0.2, -0.15) is 0 Å². The van der Waals surface area contributed by atoms with Crippen LogP contribution in [0.4, 0.5) is 4.79 Å². The monoisotopic (exact) mass is 694 g/mol. The van der Waals surface area contributed by atoms with Gasteiger partial charge in [0.1, 0.15) is 18.0 Å². The summed E-state index contributed by atoms with van der Waals surface area (Å²) in [5.74, 6) is -1.57. The van der Waals surface area contributed by atoms with Crippen LogP contribution in [0.3, 0.4) is 0 Å². The van der Waals surface area contributed by atoms with E-state index in [1.54, 1.807) is 33.2 Å². The minimum atomic E-state index is -0.736. The van der Waals surface area contributed by atoms with Gasteiger partial charge in [0.05, 0.1) is 13.0 Å². The fourth-order valence-corrected chi connectivity index (χ4v) is 4.55. The first-order chi connectivity index (χ1) is 15.0. The van der Waals surface area contributed by atoms with Crippen LogP contribution >= 0.6 is 12.2 Å². The first kappa shape index (κ1) is 30.3. The summed E-state index contributed by atoms with van der Waals surface area (Å²) in [5.41, 5.74) is 8.36. The van der Waals surface area contributed by atoms with Crippen LogP contribution in [0, 0.1) is 61.8 Å². The zero-order valence-electron chi connectivity index (χ0n) is 20.2. The van der Waals surface area contributed by atoms with Crippen molar-refractivity contribution in [3.8, 4) is 0 Å². The number of amides is 1. The van der Waals surface area contributed by atoms with E-state index in [0.717, 1.165) is 12.8 Å². The van der Waals surface area contributed by atoms with Crippen molar-refractivity contribution in [2.45, 2.75) is 77.7 Å². The number of carbonyl (C=O) groups excluding carboxylic acids is 2. The normalized spacial score (nSPS) is 23.4. The first-order valence-corrected chi connectivity index (χ1v) is 11.4. The molecule has 0 aliphatic heterocycles. The molecule has 1 amide bonds. The topological polar surface area (TPSA) is 115 Å². The molecule has 1 aromatic rings. The number of esters is 1. The third-order valence-corrected chi connectivity index (χ3v) is 6.18. The van der Waals surface area contributed by atoms with Crippen LogP contribution in [-0.4, -0.2) is 57.7 Å². The number of imidazole rings is 1. The van der Waals surface area contributed by atoms with Gasteiger partial charge >= 0.3 is 12.1 Å². The molecule has 1 aliphatic rings. The average molecular weight is 695 g/mol. The molecule has 1 saturated carbocycles. The minimum absolute atomic E-state index is 0. The van der Waals surface area contributed by atoms with Crippen molar-refractivity contribution >= 4 is 29.5 Å². The van der Waals surface area contributed by atoms with Crippen LogP contribution in [0.1, 0.15) is 53.9 Å². The van der Waals surface area contributed by atoms with E-state index in [0.29, 0.717) is 0 Å². The van der Waals surface area contributed by atoms with Gasteiger partial charge in [-0.05, 0) is 39.4 Å². The molecule has 0 aromatic carbocycles. The van der Waals surface area contributed by atoms with Crippen LogP contribution in [-0.2, 0) is 19.0 Å². The summed E-state index contributed by atoms with van der Waals surface area (Å²) in [4.78, 5) is 29.2. The molecule has 1 unspecified atom stereocenters. The molecule has 33 heavy (non-hydrogen) atoms. The Balaban J connectivity index is 0.00000544. The van der Waals surface area contributed by atoms with Gasteiger partial charge < -0.3 is 25.3 Å². The Morgan fingerprint density at radius 3 is 2.42 bits per heavy atom. The minimum Gasteiger partial charge on any atom is -0.674 e. The van der Waals surface area contributed by atoms with Crippen molar-refractivity contribution in [2.75, 3.05) is 7.11 Å². The fraction of sp³-hybridized carbons (Fsp3) is 0.727. The second-order valence-corrected chi connectivity index (χ2v) is 9.47. The van der Waals surface area contributed by atoms with Gasteiger partial charge in [0.15, 0.2) is 0 Å². The van der Waals surface area contributed by atoms with Crippen molar-refractivity contribution in [1.82, 2.24) is 14.9 Å². The van der Waals surface area contributed by atoms with Crippen LogP contribution in [0.2, 0.25) is 0 Å². The quantitative estimate of drug-likeness (QED) is 0.340. The zero-order valence-corrected chi connectivity index (χ0v) is 25.8. The summed E-state index contributed by atoms with van der Waals surface area (Å²) in [6, 6.07) is -1.09. The second-order valence-electron chi connectivity index (χ2n) is 9.12. The molecule has 2 N–H and O–H groups in total. The van der Waals surface area contributed by atoms with Gasteiger partial charge in [0.25, 0.3) is 5.17 Å². The van der Waals surface area contributed by atoms with Crippen molar-refractivity contribution in [1.29, 1.82) is 0 Å². The predicted molar refractivity (Wildman–Crippen MR) is 124 cm³/mol. The number of ether oxygens (including phenoxy) is 3. The maximum atomic E-state index is 12.7. The van der Waals surface area contributed by atoms with Gasteiger partial charge in [-0.15, -0.1) is 6.04 Å². The molecular weight excluding hydrogens is 659 g/mol. The number of alkyl carbamates (subject to hydrolysis) is 1. The molecule has 11 heteroatoms. The largest absolute Gasteiger partial charge is 0.674 e. The molecule has 5 atom stereocenters. The Kier molecular flexibility index (Phi) is 12.3. The van der Waals surface area contributed by atoms with Crippen molar-refractivity contribution in [2.24, 2.45) is 17.8 Å². The number of carbonyl (C=O) groups is 2. The Hall–Kier alpha value is -0.758. The summed E-state index contributed by atoms with van der Waals surface area (Å²) >= 11 is 5.42. The summed E-state index contributed by atoms with van der Waals surface area (Å²) in [6.45, 7) is 9.41. The molecule has 1 aliphatic carbocycles. The van der Waals surface area contributed by atoms with E-state index in [4.69, 9.17) is 32.2 Å². The average Bonchev–Trinajstić information content (AvgIpc) is 3.35. The molecular formula is C22H35AcN4O5S-. The molecule has 183 valence electrons. The van der Waals surface area contributed by atoms with Crippen molar-refractivity contribution < 1.29 is 67.9 Å². The van der Waals surface area contributed by atoms with Crippen molar-refractivity contribution in [3.05, 3.63) is 24.5 Å². The maximum Gasteiger partial charge on any atom is 0.407 e. The van der Waals surface area contributed by atoms with Crippen LogP contribution < -0.4 is 5.32 Å². The number of aromatic nitrogens is 2. The third kappa shape index (κ3) is 8.15. The molecule has 2 rings (SSSR count). The van der Waals surface area contributed by atoms with E-state index in [2.05, 4.69) is 10.3 Å². The molecule has 0 saturated heterocycles. The van der Waals surface area contributed by atoms with Gasteiger partial charge in [0.2, 0.25) is 0 Å². The van der Waals surface area contributed by atoms with Gasteiger partial charge in [-0.1, -0.05) is 32.6 Å². The fourth-order valence-electron chi connectivity index (χ4n) is 4.33. The molecule has 1 aromatic heterocycles. The number of nitrogens with zero attached hydrogens (tertiary/aromatic N) is 2. The van der Waals surface area contributed by atoms with Gasteiger partial charge in [0, 0.05) is 68.4 Å². The molecule has 1 heterocycles. The summed E-state index contributed by atoms with van der Waals surface area (Å²) in [5, 5.41) is 3.01. The number of rotatable bonds is 7. The van der Waals surface area contributed by atoms with E-state index in [1.165, 1.54) is 18.0 Å². The maximum absolute atomic E-state index is 12.7. The SMILES string of the molecule is CCC(CC)C([NH-])[C@@H]1[C@H](OC(=S)n2ccnc2)[C@@H](C(=O)OC)C[C@H]1NC(=O)OC(C)(C)C.[Ac]. The number of hydrogen-bond donors (Lipinski definition) is 1. The van der Waals surface area contributed by atoms with Crippen LogP contribution in [0.15, 0.2) is 18.7 Å². The Labute approximate surface area is 237 Å². The Morgan fingerprint density at radius 1 is 1.30 bits per heavy atom. The molecule has 1 radical (unpaired) electrons. The van der Waals surface area contributed by atoms with E-state index in [1.807, 2.05) is 13.8 Å².